The molecule has 1 aromatic heterocycles. The van der Waals surface area contributed by atoms with Gasteiger partial charge in [-0.2, -0.15) is 0 Å². The van der Waals surface area contributed by atoms with Gasteiger partial charge in [0.2, 0.25) is 17.7 Å². The number of hydrogen-bond donors (Lipinski definition) is 1. The van der Waals surface area contributed by atoms with Crippen molar-refractivity contribution in [1.82, 2.24) is 4.57 Å². The number of anilines is 2. The number of carbonyl (C=O) groups excluding carboxylic acids is 3. The number of thioether (sulfide) groups is 1. The Hall–Kier alpha value is -3.06. The monoisotopic (exact) mass is 701 g/mol. The van der Waals surface area contributed by atoms with Crippen LogP contribution in [0.1, 0.15) is 16.4 Å². The summed E-state index contributed by atoms with van der Waals surface area (Å²) in [4.78, 5) is 55.3. The molecule has 0 spiro atoms. The number of hydrogen-bond acceptors (Lipinski definition) is 6. The van der Waals surface area contributed by atoms with E-state index in [1.54, 1.807) is 24.3 Å². The molecule has 4 aromatic rings. The van der Waals surface area contributed by atoms with Gasteiger partial charge in [0.1, 0.15) is 17.6 Å². The van der Waals surface area contributed by atoms with Crippen LogP contribution in [0, 0.1) is 11.7 Å². The van der Waals surface area contributed by atoms with Gasteiger partial charge >= 0.3 is 4.87 Å². The van der Waals surface area contributed by atoms with Gasteiger partial charge in [0.05, 0.1) is 16.6 Å². The van der Waals surface area contributed by atoms with E-state index in [1.165, 1.54) is 33.7 Å². The SMILES string of the molecule is O=C(Cn1c2c(sc1=O)C(c1cccc(Br)c1)C1C(=O)N(c3ccc(Br)cc3)C(=O)C1S2)Nc1ccc(F)cc1. The Morgan fingerprint density at radius 3 is 2.35 bits per heavy atom. The predicted molar refractivity (Wildman–Crippen MR) is 159 cm³/mol. The molecule has 3 unspecified atom stereocenters. The first kappa shape index (κ1) is 27.1. The van der Waals surface area contributed by atoms with E-state index in [-0.39, 0.29) is 23.2 Å². The van der Waals surface area contributed by atoms with Crippen LogP contribution in [0.4, 0.5) is 15.8 Å². The van der Waals surface area contributed by atoms with E-state index in [2.05, 4.69) is 37.2 Å². The van der Waals surface area contributed by atoms with Crippen molar-refractivity contribution in [3.8, 4) is 0 Å². The van der Waals surface area contributed by atoms with Gasteiger partial charge in [0.25, 0.3) is 0 Å². The minimum Gasteiger partial charge on any atom is -0.325 e. The lowest BCUT2D eigenvalue weighted by atomic mass is 9.83. The van der Waals surface area contributed by atoms with Gasteiger partial charge in [-0.15, -0.1) is 0 Å². The van der Waals surface area contributed by atoms with Crippen molar-refractivity contribution in [3.05, 3.63) is 108 Å². The predicted octanol–water partition coefficient (Wildman–Crippen LogP) is 6.01. The molecule has 3 amide bonds. The molecule has 0 bridgehead atoms. The number of thiazole rings is 1. The first-order valence-corrected chi connectivity index (χ1v) is 15.3. The third kappa shape index (κ3) is 4.87. The minimum absolute atomic E-state index is 0.295. The average Bonchev–Trinajstić information content (AvgIpc) is 3.36. The molecule has 7 nitrogen and oxygen atoms in total. The number of halogens is 3. The van der Waals surface area contributed by atoms with E-state index in [0.717, 1.165) is 37.6 Å². The Labute approximate surface area is 252 Å². The summed E-state index contributed by atoms with van der Waals surface area (Å²) in [5, 5.41) is 2.39. The Balaban J connectivity index is 1.41. The van der Waals surface area contributed by atoms with Crippen LogP contribution in [0.15, 0.2) is 91.6 Å². The quantitative estimate of drug-likeness (QED) is 0.258. The van der Waals surface area contributed by atoms with Crippen LogP contribution in [0.3, 0.4) is 0 Å². The van der Waals surface area contributed by atoms with E-state index in [1.807, 2.05) is 24.3 Å². The van der Waals surface area contributed by atoms with E-state index >= 15 is 0 Å². The van der Waals surface area contributed by atoms with Crippen LogP contribution in [-0.2, 0) is 20.9 Å². The second-order valence-corrected chi connectivity index (χ2v) is 13.2. The summed E-state index contributed by atoms with van der Waals surface area (Å²) < 4.78 is 16.2. The van der Waals surface area contributed by atoms with Crippen LogP contribution >= 0.6 is 55.0 Å². The summed E-state index contributed by atoms with van der Waals surface area (Å²) >= 11 is 9.02. The van der Waals surface area contributed by atoms with Crippen molar-refractivity contribution < 1.29 is 18.8 Å². The number of rotatable bonds is 5. The van der Waals surface area contributed by atoms with Gasteiger partial charge in [-0.1, -0.05) is 67.1 Å². The van der Waals surface area contributed by atoms with Crippen LogP contribution in [0.25, 0.3) is 0 Å². The summed E-state index contributed by atoms with van der Waals surface area (Å²) in [6.45, 7) is -0.295. The molecule has 12 heteroatoms. The van der Waals surface area contributed by atoms with Gasteiger partial charge in [-0.3, -0.25) is 23.7 Å². The second kappa shape index (κ2) is 10.7. The third-order valence-corrected chi connectivity index (χ3v) is 10.4. The number of nitrogens with zero attached hydrogens (tertiary/aromatic N) is 2. The molecule has 2 aliphatic rings. The molecule has 3 aromatic carbocycles. The lowest BCUT2D eigenvalue weighted by molar-refractivity contribution is -0.122. The summed E-state index contributed by atoms with van der Waals surface area (Å²) in [6, 6.07) is 19.8. The fourth-order valence-corrected chi connectivity index (χ4v) is 8.49. The smallest absolute Gasteiger partial charge is 0.308 e. The van der Waals surface area contributed by atoms with Crippen LogP contribution in [0.5, 0.6) is 0 Å². The van der Waals surface area contributed by atoms with Crippen molar-refractivity contribution in [1.29, 1.82) is 0 Å². The molecule has 40 heavy (non-hydrogen) atoms. The molecule has 0 saturated carbocycles. The first-order valence-electron chi connectivity index (χ1n) is 12.1. The Morgan fingerprint density at radius 1 is 0.925 bits per heavy atom. The lowest BCUT2D eigenvalue weighted by Crippen LogP contribution is -2.33. The maximum absolute atomic E-state index is 13.9. The molecule has 2 aliphatic heterocycles. The number of aromatic nitrogens is 1. The van der Waals surface area contributed by atoms with Crippen molar-refractivity contribution >= 4 is 84.1 Å². The zero-order valence-electron chi connectivity index (χ0n) is 20.3. The van der Waals surface area contributed by atoms with E-state index < -0.39 is 28.8 Å². The minimum atomic E-state index is -0.784. The number of carbonyl (C=O) groups is 3. The highest BCUT2D eigenvalue weighted by molar-refractivity contribution is 9.10. The second-order valence-electron chi connectivity index (χ2n) is 9.26. The summed E-state index contributed by atoms with van der Waals surface area (Å²) in [6.07, 6.45) is 0. The molecule has 1 saturated heterocycles. The van der Waals surface area contributed by atoms with Crippen LogP contribution in [0.2, 0.25) is 0 Å². The molecule has 3 heterocycles. The zero-order valence-corrected chi connectivity index (χ0v) is 25.2. The van der Waals surface area contributed by atoms with Gasteiger partial charge in [-0.25, -0.2) is 9.29 Å². The van der Waals surface area contributed by atoms with E-state index in [9.17, 15) is 23.6 Å². The number of amides is 3. The average molecular weight is 703 g/mol. The van der Waals surface area contributed by atoms with E-state index in [4.69, 9.17) is 0 Å². The molecule has 6 rings (SSSR count). The number of benzene rings is 3. The fourth-order valence-electron chi connectivity index (χ4n) is 5.04. The van der Waals surface area contributed by atoms with E-state index in [0.29, 0.717) is 21.3 Å². The maximum atomic E-state index is 13.9. The highest BCUT2D eigenvalue weighted by atomic mass is 79.9. The normalized spacial score (nSPS) is 19.9. The first-order chi connectivity index (χ1) is 19.2. The topological polar surface area (TPSA) is 88.5 Å². The molecule has 1 fully saturated rings. The molecule has 202 valence electrons. The number of imide groups is 1. The number of fused-ring (bicyclic) bond motifs is 2. The molecule has 1 N–H and O–H groups in total. The largest absolute Gasteiger partial charge is 0.325 e. The lowest BCUT2D eigenvalue weighted by Gasteiger charge is -2.30. The van der Waals surface area contributed by atoms with Gasteiger partial charge in [-0.05, 0) is 66.2 Å². The highest BCUT2D eigenvalue weighted by Gasteiger charge is 2.56. The highest BCUT2D eigenvalue weighted by Crippen LogP contribution is 2.54. The van der Waals surface area contributed by atoms with Crippen LogP contribution < -0.4 is 15.1 Å². The Bertz CT molecular complexity index is 1720. The fraction of sp³-hybridized carbons (Fsp3) is 0.143. The van der Waals surface area contributed by atoms with Crippen molar-refractivity contribution in [3.63, 3.8) is 0 Å². The molecular weight excluding hydrogens is 685 g/mol. The molecular formula is C28H18Br2FN3O4S2. The summed E-state index contributed by atoms with van der Waals surface area (Å²) in [5.41, 5.74) is 1.65. The summed E-state index contributed by atoms with van der Waals surface area (Å²) in [5.74, 6) is -2.90. The van der Waals surface area contributed by atoms with Gasteiger partial charge < -0.3 is 5.32 Å². The van der Waals surface area contributed by atoms with Crippen LogP contribution in [-0.4, -0.2) is 27.5 Å². The zero-order chi connectivity index (χ0) is 28.1. The summed E-state index contributed by atoms with van der Waals surface area (Å²) in [7, 11) is 0. The molecule has 0 radical (unpaired) electrons. The van der Waals surface area contributed by atoms with Gasteiger partial charge in [0.15, 0.2) is 0 Å². The van der Waals surface area contributed by atoms with Gasteiger partial charge in [0, 0.05) is 25.4 Å². The molecule has 0 aliphatic carbocycles. The Kier molecular flexibility index (Phi) is 7.28. The molecule has 3 atom stereocenters. The Morgan fingerprint density at radius 2 is 1.65 bits per heavy atom. The van der Waals surface area contributed by atoms with Crippen molar-refractivity contribution in [2.75, 3.05) is 10.2 Å². The third-order valence-electron chi connectivity index (χ3n) is 6.77. The number of nitrogens with one attached hydrogen (secondary N) is 1. The maximum Gasteiger partial charge on any atom is 0.308 e. The van der Waals surface area contributed by atoms with Crippen molar-refractivity contribution in [2.45, 2.75) is 22.7 Å². The van der Waals surface area contributed by atoms with Crippen molar-refractivity contribution in [2.24, 2.45) is 5.92 Å². The standard InChI is InChI=1S/C28H18Br2FN3O4S2/c29-15-4-10-19(11-5-15)34-25(36)22-21(14-2-1-3-16(30)12-14)24-27(39-23(22)26(34)37)33(28(38)40-24)13-20(35)32-18-8-6-17(31)7-9-18/h1-12,21-23H,13H2,(H,32,35).